The van der Waals surface area contributed by atoms with Crippen LogP contribution in [0.1, 0.15) is 20.3 Å². The summed E-state index contributed by atoms with van der Waals surface area (Å²) in [4.78, 5) is 24.3. The summed E-state index contributed by atoms with van der Waals surface area (Å²) < 4.78 is 0.679. The molecular formula is C13H16BrClN2O3. The lowest BCUT2D eigenvalue weighted by molar-refractivity contribution is -0.137. The summed E-state index contributed by atoms with van der Waals surface area (Å²) in [6, 6.07) is 4.32. The SMILES string of the molecule is CCN(C(=O)Nc1ccc(Cl)c(Br)c1)C(C)CC(=O)O. The summed E-state index contributed by atoms with van der Waals surface area (Å²) in [5, 5.41) is 12.1. The Bertz CT molecular complexity index is 510. The van der Waals surface area contributed by atoms with Gasteiger partial charge in [-0.15, -0.1) is 0 Å². The van der Waals surface area contributed by atoms with Crippen LogP contribution in [0.4, 0.5) is 10.5 Å². The predicted octanol–water partition coefficient (Wildman–Crippen LogP) is 3.82. The van der Waals surface area contributed by atoms with Gasteiger partial charge in [-0.05, 0) is 48.0 Å². The zero-order valence-electron chi connectivity index (χ0n) is 11.2. The third-order valence-electron chi connectivity index (χ3n) is 2.77. The van der Waals surface area contributed by atoms with Crippen LogP contribution in [0.2, 0.25) is 5.02 Å². The maximum atomic E-state index is 12.1. The minimum atomic E-state index is -0.932. The Balaban J connectivity index is 2.76. The minimum absolute atomic E-state index is 0.0917. The first-order chi connectivity index (χ1) is 9.35. The van der Waals surface area contributed by atoms with Gasteiger partial charge in [-0.2, -0.15) is 0 Å². The molecule has 5 nitrogen and oxygen atoms in total. The summed E-state index contributed by atoms with van der Waals surface area (Å²) in [5.74, 6) is -0.932. The van der Waals surface area contributed by atoms with E-state index in [1.807, 2.05) is 0 Å². The molecule has 0 spiro atoms. The Morgan fingerprint density at radius 3 is 2.65 bits per heavy atom. The molecule has 0 saturated carbocycles. The second-order valence-electron chi connectivity index (χ2n) is 4.29. The lowest BCUT2D eigenvalue weighted by Gasteiger charge is -2.27. The van der Waals surface area contributed by atoms with Crippen LogP contribution < -0.4 is 5.32 Å². The van der Waals surface area contributed by atoms with Crippen molar-refractivity contribution in [1.82, 2.24) is 4.90 Å². The monoisotopic (exact) mass is 362 g/mol. The highest BCUT2D eigenvalue weighted by molar-refractivity contribution is 9.10. The van der Waals surface area contributed by atoms with Crippen molar-refractivity contribution in [1.29, 1.82) is 0 Å². The molecule has 2 N–H and O–H groups in total. The molecule has 0 heterocycles. The molecule has 2 amide bonds. The summed E-state index contributed by atoms with van der Waals surface area (Å²) >= 11 is 9.16. The average Bonchev–Trinajstić information content (AvgIpc) is 2.33. The molecule has 20 heavy (non-hydrogen) atoms. The molecule has 1 aromatic rings. The van der Waals surface area contributed by atoms with Gasteiger partial charge in [0.05, 0.1) is 11.4 Å². The average molecular weight is 364 g/mol. The van der Waals surface area contributed by atoms with E-state index in [1.54, 1.807) is 32.0 Å². The number of carboxylic acids is 1. The molecule has 0 saturated heterocycles. The van der Waals surface area contributed by atoms with E-state index < -0.39 is 5.97 Å². The Morgan fingerprint density at radius 1 is 1.50 bits per heavy atom. The van der Waals surface area contributed by atoms with Crippen LogP contribution in [0, 0.1) is 0 Å². The number of anilines is 1. The molecular weight excluding hydrogens is 348 g/mol. The first kappa shape index (κ1) is 16.8. The number of urea groups is 1. The van der Waals surface area contributed by atoms with E-state index in [2.05, 4.69) is 21.2 Å². The van der Waals surface area contributed by atoms with Crippen molar-refractivity contribution in [2.24, 2.45) is 0 Å². The maximum absolute atomic E-state index is 12.1. The Hall–Kier alpha value is -1.27. The van der Waals surface area contributed by atoms with E-state index in [1.165, 1.54) is 4.90 Å². The third kappa shape index (κ3) is 4.68. The van der Waals surface area contributed by atoms with Gasteiger partial charge in [-0.25, -0.2) is 4.79 Å². The largest absolute Gasteiger partial charge is 0.481 e. The molecule has 7 heteroatoms. The van der Waals surface area contributed by atoms with Gasteiger partial charge in [-0.3, -0.25) is 4.79 Å². The van der Waals surface area contributed by atoms with Crippen molar-refractivity contribution >= 4 is 45.2 Å². The number of carbonyl (C=O) groups is 2. The number of rotatable bonds is 5. The van der Waals surface area contributed by atoms with Crippen molar-refractivity contribution in [2.45, 2.75) is 26.3 Å². The standard InChI is InChI=1S/C13H16BrClN2O3/c1-3-17(8(2)6-12(18)19)13(20)16-9-4-5-11(15)10(14)7-9/h4-5,7-8H,3,6H2,1-2H3,(H,16,20)(H,18,19). The summed E-state index contributed by atoms with van der Waals surface area (Å²) in [6.45, 7) is 3.93. The van der Waals surface area contributed by atoms with Gasteiger partial charge < -0.3 is 15.3 Å². The Morgan fingerprint density at radius 2 is 2.15 bits per heavy atom. The van der Waals surface area contributed by atoms with E-state index in [0.29, 0.717) is 21.7 Å². The summed E-state index contributed by atoms with van der Waals surface area (Å²) in [7, 11) is 0. The third-order valence-corrected chi connectivity index (χ3v) is 3.99. The summed E-state index contributed by atoms with van der Waals surface area (Å²) in [6.07, 6.45) is -0.0917. The fourth-order valence-corrected chi connectivity index (χ4v) is 2.28. The Labute approximate surface area is 131 Å². The first-order valence-corrected chi connectivity index (χ1v) is 7.26. The molecule has 0 radical (unpaired) electrons. The number of benzene rings is 1. The number of nitrogens with zero attached hydrogens (tertiary/aromatic N) is 1. The molecule has 1 atom stereocenters. The molecule has 0 aliphatic rings. The number of halogens is 2. The number of carboxylic acid groups (broad SMARTS) is 1. The fourth-order valence-electron chi connectivity index (χ4n) is 1.79. The number of nitrogens with one attached hydrogen (secondary N) is 1. The van der Waals surface area contributed by atoms with Gasteiger partial charge in [0.1, 0.15) is 0 Å². The van der Waals surface area contributed by atoms with Crippen molar-refractivity contribution in [3.8, 4) is 0 Å². The van der Waals surface area contributed by atoms with Gasteiger partial charge >= 0.3 is 12.0 Å². The van der Waals surface area contributed by atoms with Gasteiger partial charge in [0.25, 0.3) is 0 Å². The molecule has 0 fully saturated rings. The number of amides is 2. The van der Waals surface area contributed by atoms with E-state index in [9.17, 15) is 9.59 Å². The molecule has 0 aromatic heterocycles. The lowest BCUT2D eigenvalue weighted by atomic mass is 10.2. The molecule has 110 valence electrons. The van der Waals surface area contributed by atoms with Gasteiger partial charge in [0, 0.05) is 22.7 Å². The van der Waals surface area contributed by atoms with E-state index in [4.69, 9.17) is 16.7 Å². The normalized spacial score (nSPS) is 11.8. The molecule has 0 aliphatic carbocycles. The molecule has 1 unspecified atom stereocenters. The van der Waals surface area contributed by atoms with Crippen molar-refractivity contribution in [2.75, 3.05) is 11.9 Å². The van der Waals surface area contributed by atoms with E-state index >= 15 is 0 Å². The second kappa shape index (κ2) is 7.50. The minimum Gasteiger partial charge on any atom is -0.481 e. The van der Waals surface area contributed by atoms with Gasteiger partial charge in [-0.1, -0.05) is 11.6 Å². The first-order valence-electron chi connectivity index (χ1n) is 6.09. The zero-order chi connectivity index (χ0) is 15.3. The molecule has 1 aromatic carbocycles. The lowest BCUT2D eigenvalue weighted by Crippen LogP contribution is -2.42. The van der Waals surface area contributed by atoms with Crippen LogP contribution in [0.3, 0.4) is 0 Å². The van der Waals surface area contributed by atoms with Crippen molar-refractivity contribution < 1.29 is 14.7 Å². The molecule has 0 aliphatic heterocycles. The highest BCUT2D eigenvalue weighted by atomic mass is 79.9. The number of hydrogen-bond acceptors (Lipinski definition) is 2. The zero-order valence-corrected chi connectivity index (χ0v) is 13.5. The predicted molar refractivity (Wildman–Crippen MR) is 82.3 cm³/mol. The number of aliphatic carboxylic acids is 1. The molecule has 0 bridgehead atoms. The van der Waals surface area contributed by atoms with Crippen LogP contribution in [0.5, 0.6) is 0 Å². The van der Waals surface area contributed by atoms with Crippen LogP contribution >= 0.6 is 27.5 Å². The van der Waals surface area contributed by atoms with Gasteiger partial charge in [0.2, 0.25) is 0 Å². The number of hydrogen-bond donors (Lipinski definition) is 2. The second-order valence-corrected chi connectivity index (χ2v) is 5.55. The highest BCUT2D eigenvalue weighted by Crippen LogP contribution is 2.25. The smallest absolute Gasteiger partial charge is 0.322 e. The van der Waals surface area contributed by atoms with Crippen molar-refractivity contribution in [3.05, 3.63) is 27.7 Å². The maximum Gasteiger partial charge on any atom is 0.322 e. The van der Waals surface area contributed by atoms with E-state index in [-0.39, 0.29) is 18.5 Å². The Kier molecular flexibility index (Phi) is 6.29. The summed E-state index contributed by atoms with van der Waals surface area (Å²) in [5.41, 5.74) is 0.590. The van der Waals surface area contributed by atoms with Crippen molar-refractivity contribution in [3.63, 3.8) is 0 Å². The van der Waals surface area contributed by atoms with Crippen LogP contribution in [0.25, 0.3) is 0 Å². The molecule has 1 rings (SSSR count). The topological polar surface area (TPSA) is 69.6 Å². The van der Waals surface area contributed by atoms with Crippen LogP contribution in [-0.2, 0) is 4.79 Å². The fraction of sp³-hybridized carbons (Fsp3) is 0.385. The number of carbonyl (C=O) groups excluding carboxylic acids is 1. The van der Waals surface area contributed by atoms with E-state index in [0.717, 1.165) is 0 Å². The highest BCUT2D eigenvalue weighted by Gasteiger charge is 2.20. The van der Waals surface area contributed by atoms with Crippen LogP contribution in [-0.4, -0.2) is 34.6 Å². The van der Waals surface area contributed by atoms with Crippen LogP contribution in [0.15, 0.2) is 22.7 Å². The quantitative estimate of drug-likeness (QED) is 0.835. The van der Waals surface area contributed by atoms with Gasteiger partial charge in [0.15, 0.2) is 0 Å².